The molecule has 1 aromatic heterocycles. The molecule has 0 bridgehead atoms. The number of para-hydroxylation sites is 2. The first-order valence-corrected chi connectivity index (χ1v) is 16.4. The molecule has 0 aliphatic carbocycles. The zero-order valence-corrected chi connectivity index (χ0v) is 26.6. The highest BCUT2D eigenvalue weighted by Gasteiger charge is 2.37. The van der Waals surface area contributed by atoms with Crippen molar-refractivity contribution in [3.8, 4) is 5.69 Å². The molecule has 2 aliphatic rings. The molecule has 9 heteroatoms. The third-order valence-electron chi connectivity index (χ3n) is 8.71. The number of carbonyl (C=O) groups is 2. The van der Waals surface area contributed by atoms with Gasteiger partial charge in [0, 0.05) is 24.0 Å². The zero-order valence-electron chi connectivity index (χ0n) is 26.6. The number of aromatic carboxylic acids is 1. The summed E-state index contributed by atoms with van der Waals surface area (Å²) in [6, 6.07) is 24.3. The van der Waals surface area contributed by atoms with Crippen LogP contribution in [0, 0.1) is 6.57 Å². The van der Waals surface area contributed by atoms with Gasteiger partial charge in [-0.1, -0.05) is 88.1 Å². The summed E-state index contributed by atoms with van der Waals surface area (Å²) in [5.74, 6) is -2.06. The maximum Gasteiger partial charge on any atom is 0.357 e. The average Bonchev–Trinajstić information content (AvgIpc) is 3.63. The van der Waals surface area contributed by atoms with Gasteiger partial charge in [0.2, 0.25) is 0 Å². The molecule has 1 amide bonds. The van der Waals surface area contributed by atoms with Gasteiger partial charge in [-0.2, -0.15) is 5.10 Å². The molecule has 3 heterocycles. The molecule has 3 aromatic carbocycles. The van der Waals surface area contributed by atoms with E-state index in [-0.39, 0.29) is 22.3 Å². The van der Waals surface area contributed by atoms with Crippen LogP contribution in [0.4, 0.5) is 11.4 Å². The molecular formula is C38H38N6O3. The van der Waals surface area contributed by atoms with Gasteiger partial charge in [0.15, 0.2) is 5.69 Å². The molecule has 0 atom stereocenters. The lowest BCUT2D eigenvalue weighted by atomic mass is 9.98. The first-order valence-electron chi connectivity index (χ1n) is 16.4. The average molecular weight is 627 g/mol. The molecule has 0 unspecified atom stereocenters. The fourth-order valence-electron chi connectivity index (χ4n) is 6.42. The van der Waals surface area contributed by atoms with E-state index < -0.39 is 11.9 Å². The molecule has 0 saturated carbocycles. The number of benzene rings is 3. The summed E-state index contributed by atoms with van der Waals surface area (Å²) in [7, 11) is 0. The molecule has 1 N–H and O–H groups in total. The molecule has 238 valence electrons. The maximum absolute atomic E-state index is 14.0. The minimum Gasteiger partial charge on any atom is -0.476 e. The largest absolute Gasteiger partial charge is 0.476 e. The number of unbranched alkanes of at least 4 members (excludes halogenated alkanes) is 5. The van der Waals surface area contributed by atoms with Crippen LogP contribution in [-0.4, -0.2) is 45.7 Å². The molecular weight excluding hydrogens is 588 g/mol. The van der Waals surface area contributed by atoms with Crippen LogP contribution in [0.3, 0.4) is 0 Å². The fourth-order valence-corrected chi connectivity index (χ4v) is 6.42. The fraction of sp³-hybridized carbons (Fsp3) is 0.289. The number of amides is 1. The highest BCUT2D eigenvalue weighted by atomic mass is 16.4. The van der Waals surface area contributed by atoms with Gasteiger partial charge in [0.1, 0.15) is 0 Å². The van der Waals surface area contributed by atoms with Crippen LogP contribution in [0.1, 0.15) is 73.5 Å². The van der Waals surface area contributed by atoms with Crippen molar-refractivity contribution in [2.24, 2.45) is 5.10 Å². The Labute approximate surface area is 274 Å². The highest BCUT2D eigenvalue weighted by Crippen LogP contribution is 2.29. The highest BCUT2D eigenvalue weighted by molar-refractivity contribution is 6.50. The van der Waals surface area contributed by atoms with Gasteiger partial charge < -0.3 is 14.9 Å². The predicted molar refractivity (Wildman–Crippen MR) is 185 cm³/mol. The van der Waals surface area contributed by atoms with Crippen LogP contribution >= 0.6 is 0 Å². The summed E-state index contributed by atoms with van der Waals surface area (Å²) in [5.41, 5.74) is 4.04. The molecule has 0 saturated heterocycles. The number of nitrogens with zero attached hydrogens (tertiary/aromatic N) is 6. The van der Waals surface area contributed by atoms with Crippen molar-refractivity contribution in [3.63, 3.8) is 0 Å². The topological polar surface area (TPSA) is 95.4 Å². The Morgan fingerprint density at radius 1 is 0.957 bits per heavy atom. The van der Waals surface area contributed by atoms with Crippen molar-refractivity contribution in [3.05, 3.63) is 118 Å². The Morgan fingerprint density at radius 3 is 2.36 bits per heavy atom. The van der Waals surface area contributed by atoms with Crippen molar-refractivity contribution < 1.29 is 14.7 Å². The summed E-state index contributed by atoms with van der Waals surface area (Å²) in [6.45, 7) is 12.2. The van der Waals surface area contributed by atoms with Crippen molar-refractivity contribution in [2.45, 2.75) is 58.3 Å². The van der Waals surface area contributed by atoms with Gasteiger partial charge in [-0.15, -0.1) is 5.01 Å². The molecule has 9 nitrogen and oxygen atoms in total. The number of aromatic nitrogens is 2. The number of aryl methyl sites for hydroxylation is 1. The summed E-state index contributed by atoms with van der Waals surface area (Å²) in [6.07, 6.45) is 11.4. The molecule has 0 spiro atoms. The third-order valence-corrected chi connectivity index (χ3v) is 8.71. The molecule has 4 aromatic rings. The van der Waals surface area contributed by atoms with Crippen molar-refractivity contribution in [1.29, 1.82) is 0 Å². The SMILES string of the molecule is [C-]#[N+]C1=NN(c2ccccc2)C(=O)/C1=c1/c(C(=O)O)nn(-c2ccccc2)/c1=C\c1ccc2c(c1)CCCN2CCCCCCCC. The van der Waals surface area contributed by atoms with E-state index in [2.05, 4.69) is 39.0 Å². The number of rotatable bonds is 11. The van der Waals surface area contributed by atoms with Gasteiger partial charge >= 0.3 is 11.8 Å². The summed E-state index contributed by atoms with van der Waals surface area (Å²) >= 11 is 0. The van der Waals surface area contributed by atoms with Crippen molar-refractivity contribution in [1.82, 2.24) is 9.78 Å². The van der Waals surface area contributed by atoms with E-state index >= 15 is 0 Å². The standard InChI is InChI=1S/C38H38N6O3/c1-3-4-5-6-7-14-23-42-24-15-16-28-25-27(21-22-31(28)42)26-32-33(35(38(46)47)40-43(32)29-17-10-8-11-18-29)34-36(39-2)41-44(37(34)45)30-19-12-9-13-20-30/h8-13,17-22,25-26H,3-7,14-16,23-24H2,1H3,(H,46,47)/b32-26-,34-33+. The first-order chi connectivity index (χ1) is 23.0. The van der Waals surface area contributed by atoms with E-state index in [4.69, 9.17) is 6.57 Å². The summed E-state index contributed by atoms with van der Waals surface area (Å²) < 4.78 is 1.54. The summed E-state index contributed by atoms with van der Waals surface area (Å²) in [4.78, 5) is 32.7. The number of carboxylic acid groups (broad SMARTS) is 1. The van der Waals surface area contributed by atoms with Gasteiger partial charge in [-0.3, -0.25) is 4.79 Å². The number of fused-ring (bicyclic) bond motifs is 1. The van der Waals surface area contributed by atoms with E-state index in [1.54, 1.807) is 24.3 Å². The van der Waals surface area contributed by atoms with E-state index in [0.717, 1.165) is 36.5 Å². The maximum atomic E-state index is 14.0. The number of hydrogen-bond donors (Lipinski definition) is 1. The Bertz CT molecular complexity index is 1980. The Kier molecular flexibility index (Phi) is 9.58. The van der Waals surface area contributed by atoms with E-state index in [0.29, 0.717) is 16.7 Å². The lowest BCUT2D eigenvalue weighted by Crippen LogP contribution is -2.37. The van der Waals surface area contributed by atoms with Crippen LogP contribution in [0.2, 0.25) is 0 Å². The number of carbonyl (C=O) groups excluding carboxylic acids is 1. The van der Waals surface area contributed by atoms with Crippen LogP contribution < -0.4 is 20.5 Å². The van der Waals surface area contributed by atoms with Crippen molar-refractivity contribution >= 4 is 40.7 Å². The van der Waals surface area contributed by atoms with Gasteiger partial charge in [0.05, 0.1) is 22.3 Å². The quantitative estimate of drug-likeness (QED) is 0.164. The van der Waals surface area contributed by atoms with E-state index in [1.165, 1.54) is 54.5 Å². The number of anilines is 2. The second kappa shape index (κ2) is 14.3. The second-order valence-electron chi connectivity index (χ2n) is 11.9. The Morgan fingerprint density at radius 2 is 1.66 bits per heavy atom. The smallest absolute Gasteiger partial charge is 0.357 e. The normalized spacial score (nSPS) is 15.9. The van der Waals surface area contributed by atoms with Gasteiger partial charge in [-0.25, -0.2) is 9.48 Å². The van der Waals surface area contributed by atoms with Crippen LogP contribution in [0.5, 0.6) is 0 Å². The summed E-state index contributed by atoms with van der Waals surface area (Å²) in [5, 5.41) is 20.8. The second-order valence-corrected chi connectivity index (χ2v) is 11.9. The molecule has 6 rings (SSSR count). The van der Waals surface area contributed by atoms with Gasteiger partial charge in [0.25, 0.3) is 5.91 Å². The number of amidine groups is 1. The van der Waals surface area contributed by atoms with Crippen LogP contribution in [0.15, 0.2) is 84.0 Å². The van der Waals surface area contributed by atoms with Gasteiger partial charge in [-0.05, 0) is 78.0 Å². The molecule has 2 aliphatic heterocycles. The molecule has 0 fully saturated rings. The van der Waals surface area contributed by atoms with Crippen molar-refractivity contribution in [2.75, 3.05) is 23.0 Å². The Balaban J connectivity index is 1.48. The van der Waals surface area contributed by atoms with Crippen LogP contribution in [-0.2, 0) is 11.2 Å². The lowest BCUT2D eigenvalue weighted by Gasteiger charge is -2.31. The zero-order chi connectivity index (χ0) is 32.8. The Hall–Kier alpha value is -5.49. The predicted octanol–water partition coefficient (Wildman–Crippen LogP) is 5.94. The lowest BCUT2D eigenvalue weighted by molar-refractivity contribution is -0.112. The monoisotopic (exact) mass is 626 g/mol. The number of hydrazone groups is 1. The minimum absolute atomic E-state index is 0.0713. The first kappa shape index (κ1) is 31.5. The number of carboxylic acids is 1. The van der Waals surface area contributed by atoms with Crippen LogP contribution in [0.25, 0.3) is 22.2 Å². The number of hydrogen-bond acceptors (Lipinski definition) is 5. The molecule has 0 radical (unpaired) electrons. The van der Waals surface area contributed by atoms with E-state index in [9.17, 15) is 14.7 Å². The molecule has 47 heavy (non-hydrogen) atoms. The van der Waals surface area contributed by atoms with E-state index in [1.807, 2.05) is 48.5 Å². The third kappa shape index (κ3) is 6.59. The minimum atomic E-state index is -1.30.